The Morgan fingerprint density at radius 1 is 1.10 bits per heavy atom. The van der Waals surface area contributed by atoms with Gasteiger partial charge in [-0.05, 0) is 24.3 Å². The molecule has 0 saturated heterocycles. The lowest BCUT2D eigenvalue weighted by Gasteiger charge is -2.15. The quantitative estimate of drug-likeness (QED) is 0.846. The number of aromatic nitrogens is 1. The van der Waals surface area contributed by atoms with Crippen molar-refractivity contribution in [3.05, 3.63) is 58.5 Å². The maximum atomic E-state index is 12.5. The molecule has 0 radical (unpaired) electrons. The molecule has 0 unspecified atom stereocenters. The van der Waals surface area contributed by atoms with Gasteiger partial charge in [0, 0.05) is 32.0 Å². The first-order valence-corrected chi connectivity index (χ1v) is 5.87. The molecule has 20 heavy (non-hydrogen) atoms. The Bertz CT molecular complexity index is 675. The van der Waals surface area contributed by atoms with Gasteiger partial charge in [-0.25, -0.2) is 0 Å². The summed E-state index contributed by atoms with van der Waals surface area (Å²) in [7, 11) is 3.68. The van der Waals surface area contributed by atoms with E-state index >= 15 is 0 Å². The number of hydrogen-bond acceptors (Lipinski definition) is 2. The van der Waals surface area contributed by atoms with Crippen molar-refractivity contribution >= 4 is 5.69 Å². The van der Waals surface area contributed by atoms with Crippen LogP contribution in [0.3, 0.4) is 0 Å². The zero-order valence-electron chi connectivity index (χ0n) is 11.0. The zero-order valence-corrected chi connectivity index (χ0v) is 11.0. The minimum atomic E-state index is -4.51. The summed E-state index contributed by atoms with van der Waals surface area (Å²) >= 11 is 0. The topological polar surface area (TPSA) is 25.2 Å². The van der Waals surface area contributed by atoms with Crippen molar-refractivity contribution in [2.24, 2.45) is 0 Å². The van der Waals surface area contributed by atoms with E-state index in [1.54, 1.807) is 18.2 Å². The van der Waals surface area contributed by atoms with Crippen LogP contribution in [0.2, 0.25) is 0 Å². The summed E-state index contributed by atoms with van der Waals surface area (Å²) in [4.78, 5) is 13.7. The van der Waals surface area contributed by atoms with Crippen LogP contribution in [0.25, 0.3) is 5.69 Å². The summed E-state index contributed by atoms with van der Waals surface area (Å²) < 4.78 is 38.7. The van der Waals surface area contributed by atoms with Crippen molar-refractivity contribution in [2.45, 2.75) is 6.18 Å². The number of halogens is 3. The van der Waals surface area contributed by atoms with E-state index in [0.717, 1.165) is 18.0 Å². The van der Waals surface area contributed by atoms with Crippen LogP contribution < -0.4 is 10.5 Å². The highest BCUT2D eigenvalue weighted by atomic mass is 19.4. The van der Waals surface area contributed by atoms with Crippen molar-refractivity contribution < 1.29 is 13.2 Å². The maximum Gasteiger partial charge on any atom is 0.416 e. The molecular weight excluding hydrogens is 269 g/mol. The van der Waals surface area contributed by atoms with Crippen molar-refractivity contribution in [1.82, 2.24) is 4.57 Å². The van der Waals surface area contributed by atoms with E-state index in [4.69, 9.17) is 0 Å². The van der Waals surface area contributed by atoms with Gasteiger partial charge in [0.05, 0.1) is 11.3 Å². The summed E-state index contributed by atoms with van der Waals surface area (Å²) in [6, 6.07) is 8.48. The molecule has 1 heterocycles. The van der Waals surface area contributed by atoms with Gasteiger partial charge in [0.25, 0.3) is 5.56 Å². The van der Waals surface area contributed by atoms with Gasteiger partial charge in [0.1, 0.15) is 0 Å². The van der Waals surface area contributed by atoms with Crippen LogP contribution >= 0.6 is 0 Å². The number of nitrogens with zero attached hydrogens (tertiary/aromatic N) is 2. The third-order valence-electron chi connectivity index (χ3n) is 2.87. The Labute approximate surface area is 113 Å². The maximum absolute atomic E-state index is 12.5. The predicted molar refractivity (Wildman–Crippen MR) is 71.4 cm³/mol. The molecule has 0 aliphatic carbocycles. The molecule has 2 aromatic rings. The molecule has 0 N–H and O–H groups in total. The average molecular weight is 282 g/mol. The van der Waals surface area contributed by atoms with Gasteiger partial charge in [-0.3, -0.25) is 9.36 Å². The highest BCUT2D eigenvalue weighted by molar-refractivity contribution is 5.52. The first kappa shape index (κ1) is 14.2. The lowest BCUT2D eigenvalue weighted by Crippen LogP contribution is -2.20. The van der Waals surface area contributed by atoms with Gasteiger partial charge in [-0.15, -0.1) is 0 Å². The van der Waals surface area contributed by atoms with Crippen molar-refractivity contribution in [3.8, 4) is 5.69 Å². The van der Waals surface area contributed by atoms with Gasteiger partial charge in [-0.2, -0.15) is 13.2 Å². The fourth-order valence-electron chi connectivity index (χ4n) is 1.79. The minimum absolute atomic E-state index is 0.523. The Kier molecular flexibility index (Phi) is 3.57. The minimum Gasteiger partial charge on any atom is -0.378 e. The molecule has 6 heteroatoms. The van der Waals surface area contributed by atoms with E-state index in [-0.39, 0.29) is 0 Å². The number of rotatable bonds is 2. The second-order valence-electron chi connectivity index (χ2n) is 4.54. The molecule has 1 aromatic heterocycles. The number of anilines is 1. The molecule has 106 valence electrons. The standard InChI is InChI=1S/C14H13F3N2O/c1-18(2)11-4-3-5-12(9-11)19-7-6-10(8-13(19)20)14(15,16)17/h3-9H,1-2H3. The summed E-state index contributed by atoms with van der Waals surface area (Å²) in [6.07, 6.45) is -3.37. The Morgan fingerprint density at radius 3 is 2.35 bits per heavy atom. The summed E-state index contributed by atoms with van der Waals surface area (Å²) in [5.74, 6) is 0. The third-order valence-corrected chi connectivity index (χ3v) is 2.87. The van der Waals surface area contributed by atoms with Gasteiger partial charge in [-0.1, -0.05) is 6.07 Å². The lowest BCUT2D eigenvalue weighted by atomic mass is 10.2. The van der Waals surface area contributed by atoms with Crippen LogP contribution in [-0.2, 0) is 6.18 Å². The highest BCUT2D eigenvalue weighted by Crippen LogP contribution is 2.28. The van der Waals surface area contributed by atoms with E-state index < -0.39 is 17.3 Å². The van der Waals surface area contributed by atoms with Crippen LogP contribution in [0.1, 0.15) is 5.56 Å². The van der Waals surface area contributed by atoms with Crippen LogP contribution in [-0.4, -0.2) is 18.7 Å². The first-order chi connectivity index (χ1) is 9.29. The molecule has 0 atom stereocenters. The van der Waals surface area contributed by atoms with Crippen LogP contribution in [0.4, 0.5) is 18.9 Å². The SMILES string of the molecule is CN(C)c1cccc(-n2ccc(C(F)(F)F)cc2=O)c1. The van der Waals surface area contributed by atoms with E-state index in [1.165, 1.54) is 4.57 Å². The third kappa shape index (κ3) is 2.84. The molecule has 0 spiro atoms. The molecule has 2 rings (SSSR count). The van der Waals surface area contributed by atoms with Gasteiger partial charge >= 0.3 is 6.18 Å². The Morgan fingerprint density at radius 2 is 1.80 bits per heavy atom. The fourth-order valence-corrected chi connectivity index (χ4v) is 1.79. The van der Waals surface area contributed by atoms with Crippen molar-refractivity contribution in [2.75, 3.05) is 19.0 Å². The number of hydrogen-bond donors (Lipinski definition) is 0. The summed E-state index contributed by atoms with van der Waals surface area (Å²) in [5, 5.41) is 0. The summed E-state index contributed by atoms with van der Waals surface area (Å²) in [6.45, 7) is 0. The van der Waals surface area contributed by atoms with Crippen LogP contribution in [0.5, 0.6) is 0 Å². The molecule has 0 aliphatic heterocycles. The number of pyridine rings is 1. The van der Waals surface area contributed by atoms with Crippen molar-refractivity contribution in [1.29, 1.82) is 0 Å². The molecular formula is C14H13F3N2O. The van der Waals surface area contributed by atoms with E-state index in [9.17, 15) is 18.0 Å². The fraction of sp³-hybridized carbons (Fsp3) is 0.214. The van der Waals surface area contributed by atoms with Crippen LogP contribution in [0, 0.1) is 0 Å². The molecule has 0 saturated carbocycles. The highest BCUT2D eigenvalue weighted by Gasteiger charge is 2.30. The van der Waals surface area contributed by atoms with Gasteiger partial charge < -0.3 is 4.90 Å². The molecule has 0 amide bonds. The number of benzene rings is 1. The summed E-state index contributed by atoms with van der Waals surface area (Å²) in [5.41, 5.74) is -0.275. The largest absolute Gasteiger partial charge is 0.416 e. The second-order valence-corrected chi connectivity index (χ2v) is 4.54. The predicted octanol–water partition coefficient (Wildman–Crippen LogP) is 2.92. The van der Waals surface area contributed by atoms with E-state index in [1.807, 2.05) is 25.1 Å². The van der Waals surface area contributed by atoms with E-state index in [0.29, 0.717) is 11.8 Å². The Balaban J connectivity index is 2.49. The molecule has 0 bridgehead atoms. The normalized spacial score (nSPS) is 11.4. The monoisotopic (exact) mass is 282 g/mol. The second kappa shape index (κ2) is 5.03. The first-order valence-electron chi connectivity index (χ1n) is 5.87. The van der Waals surface area contributed by atoms with Gasteiger partial charge in [0.2, 0.25) is 0 Å². The van der Waals surface area contributed by atoms with Crippen molar-refractivity contribution in [3.63, 3.8) is 0 Å². The molecule has 0 fully saturated rings. The van der Waals surface area contributed by atoms with E-state index in [2.05, 4.69) is 0 Å². The smallest absolute Gasteiger partial charge is 0.378 e. The zero-order chi connectivity index (χ0) is 14.9. The molecule has 0 aliphatic rings. The molecule has 3 nitrogen and oxygen atoms in total. The molecule has 1 aromatic carbocycles. The van der Waals surface area contributed by atoms with Crippen LogP contribution in [0.15, 0.2) is 47.4 Å². The average Bonchev–Trinajstić information content (AvgIpc) is 2.37. The Hall–Kier alpha value is -2.24. The van der Waals surface area contributed by atoms with Gasteiger partial charge in [0.15, 0.2) is 0 Å². The lowest BCUT2D eigenvalue weighted by molar-refractivity contribution is -0.137. The number of alkyl halides is 3.